The highest BCUT2D eigenvalue weighted by molar-refractivity contribution is 5.88. The minimum atomic E-state index is -0.927. The van der Waals surface area contributed by atoms with Crippen LogP contribution < -0.4 is 26.6 Å². The van der Waals surface area contributed by atoms with Gasteiger partial charge in [0.05, 0.1) is 12.6 Å². The van der Waals surface area contributed by atoms with E-state index in [2.05, 4.69) is 26.6 Å². The fourth-order valence-electron chi connectivity index (χ4n) is 6.24. The van der Waals surface area contributed by atoms with E-state index in [-0.39, 0.29) is 31.3 Å². The lowest BCUT2D eigenvalue weighted by Crippen LogP contribution is -2.59. The average Bonchev–Trinajstić information content (AvgIpc) is 3.05. The van der Waals surface area contributed by atoms with Crippen LogP contribution in [0.3, 0.4) is 0 Å². The van der Waals surface area contributed by atoms with E-state index in [1.54, 1.807) is 25.7 Å². The van der Waals surface area contributed by atoms with Crippen LogP contribution in [0.25, 0.3) is 0 Å². The van der Waals surface area contributed by atoms with E-state index in [0.717, 1.165) is 11.1 Å². The molecule has 3 rings (SSSR count). The Morgan fingerprint density at radius 2 is 1.22 bits per heavy atom. The van der Waals surface area contributed by atoms with Gasteiger partial charge in [-0.05, 0) is 84.3 Å². The molecule has 1 saturated heterocycles. The molecule has 0 saturated carbocycles. The van der Waals surface area contributed by atoms with Crippen molar-refractivity contribution in [3.63, 3.8) is 0 Å². The summed E-state index contributed by atoms with van der Waals surface area (Å²) in [6.45, 7) is 19.3. The Kier molecular flexibility index (Phi) is 15.7. The molecule has 2 aromatic rings. The molecule has 1 fully saturated rings. The predicted molar refractivity (Wildman–Crippen MR) is 213 cm³/mol. The van der Waals surface area contributed by atoms with Crippen molar-refractivity contribution < 1.29 is 33.4 Å². The Hall–Kier alpha value is -4.65. The van der Waals surface area contributed by atoms with Gasteiger partial charge in [-0.1, -0.05) is 81.4 Å². The van der Waals surface area contributed by atoms with E-state index in [1.165, 1.54) is 0 Å². The van der Waals surface area contributed by atoms with E-state index < -0.39 is 58.4 Å². The van der Waals surface area contributed by atoms with Gasteiger partial charge in [0.15, 0.2) is 0 Å². The number of hydrogen-bond donors (Lipinski definition) is 5. The third-order valence-corrected chi connectivity index (χ3v) is 9.09. The topological polar surface area (TPSA) is 167 Å². The molecule has 2 aromatic carbocycles. The smallest absolute Gasteiger partial charge is 0.408 e. The number of nitrogens with zero attached hydrogens (tertiary/aromatic N) is 1. The highest BCUT2D eigenvalue weighted by atomic mass is 16.6. The van der Waals surface area contributed by atoms with Crippen molar-refractivity contribution >= 4 is 29.9 Å². The summed E-state index contributed by atoms with van der Waals surface area (Å²) in [6.07, 6.45) is 0.611. The van der Waals surface area contributed by atoms with Gasteiger partial charge in [-0.25, -0.2) is 9.59 Å². The molecule has 0 radical (unpaired) electrons. The fourth-order valence-corrected chi connectivity index (χ4v) is 6.24. The average molecular weight is 765 g/mol. The van der Waals surface area contributed by atoms with Crippen molar-refractivity contribution in [2.24, 2.45) is 5.41 Å². The number of carbonyl (C=O) groups excluding carboxylic acids is 5. The molecule has 5 amide bonds. The number of carbonyl (C=O) groups is 5. The molecule has 13 nitrogen and oxygen atoms in total. The van der Waals surface area contributed by atoms with Crippen LogP contribution in [-0.4, -0.2) is 95.9 Å². The first kappa shape index (κ1) is 44.7. The summed E-state index contributed by atoms with van der Waals surface area (Å²) in [5.74, 6) is -0.942. The highest BCUT2D eigenvalue weighted by Crippen LogP contribution is 2.23. The lowest BCUT2D eigenvalue weighted by atomic mass is 9.85. The highest BCUT2D eigenvalue weighted by Gasteiger charge is 2.36. The van der Waals surface area contributed by atoms with Gasteiger partial charge in [0, 0.05) is 37.6 Å². The SMILES string of the molecule is CC1(NC(=O)OC(C)(C)C)CCN(C(=O)CNC(=O)C(NC[C@@H](Cc2ccccc2)NC(=O)C(Cc2ccccc2)NC(=O)OC(C)(C)C)C(C)(C)C)CC1. The molecular formula is C42H64N6O7. The second kappa shape index (κ2) is 19.3. The number of rotatable bonds is 14. The molecule has 1 aliphatic rings. The maximum atomic E-state index is 13.9. The third-order valence-electron chi connectivity index (χ3n) is 9.09. The second-order valence-electron chi connectivity index (χ2n) is 17.8. The summed E-state index contributed by atoms with van der Waals surface area (Å²) in [5.41, 5.74) is -0.577. The fraction of sp³-hybridized carbons (Fsp3) is 0.595. The Labute approximate surface area is 327 Å². The quantitative estimate of drug-likeness (QED) is 0.182. The molecule has 0 spiro atoms. The van der Waals surface area contributed by atoms with Gasteiger partial charge in [0.25, 0.3) is 0 Å². The van der Waals surface area contributed by atoms with Crippen LogP contribution in [0.2, 0.25) is 0 Å². The molecule has 13 heteroatoms. The number of alkyl carbamates (subject to hydrolysis) is 2. The van der Waals surface area contributed by atoms with Gasteiger partial charge in [-0.15, -0.1) is 0 Å². The molecule has 2 unspecified atom stereocenters. The number of nitrogens with one attached hydrogen (secondary N) is 5. The largest absolute Gasteiger partial charge is 0.444 e. The number of piperidine rings is 1. The van der Waals surface area contributed by atoms with Crippen LogP contribution in [0.1, 0.15) is 93.2 Å². The summed E-state index contributed by atoms with van der Waals surface area (Å²) < 4.78 is 10.9. The zero-order chi connectivity index (χ0) is 41.0. The Bertz CT molecular complexity index is 1570. The molecular weight excluding hydrogens is 700 g/mol. The summed E-state index contributed by atoms with van der Waals surface area (Å²) in [7, 11) is 0. The summed E-state index contributed by atoms with van der Waals surface area (Å²) in [6, 6.07) is 17.0. The van der Waals surface area contributed by atoms with E-state index >= 15 is 0 Å². The van der Waals surface area contributed by atoms with Crippen LogP contribution in [0.5, 0.6) is 0 Å². The van der Waals surface area contributed by atoms with Gasteiger partial charge in [0.2, 0.25) is 17.7 Å². The van der Waals surface area contributed by atoms with E-state index in [9.17, 15) is 24.0 Å². The maximum Gasteiger partial charge on any atom is 0.408 e. The van der Waals surface area contributed by atoms with Gasteiger partial charge in [-0.3, -0.25) is 14.4 Å². The van der Waals surface area contributed by atoms with Gasteiger partial charge < -0.3 is 41.0 Å². The lowest BCUT2D eigenvalue weighted by Gasteiger charge is -2.40. The first-order valence-corrected chi connectivity index (χ1v) is 19.2. The molecule has 1 heterocycles. The Morgan fingerprint density at radius 3 is 1.73 bits per heavy atom. The van der Waals surface area contributed by atoms with Crippen LogP contribution in [-0.2, 0) is 36.7 Å². The summed E-state index contributed by atoms with van der Waals surface area (Å²) in [4.78, 5) is 67.8. The van der Waals surface area contributed by atoms with Crippen LogP contribution >= 0.6 is 0 Å². The molecule has 0 aromatic heterocycles. The number of hydrogen-bond acceptors (Lipinski definition) is 8. The normalized spacial score (nSPS) is 16.1. The van der Waals surface area contributed by atoms with Crippen LogP contribution in [0.4, 0.5) is 9.59 Å². The molecule has 5 N–H and O–H groups in total. The molecule has 304 valence electrons. The Morgan fingerprint density at radius 1 is 0.709 bits per heavy atom. The molecule has 3 atom stereocenters. The van der Waals surface area contributed by atoms with Crippen molar-refractivity contribution in [1.29, 1.82) is 0 Å². The molecule has 55 heavy (non-hydrogen) atoms. The van der Waals surface area contributed by atoms with Crippen molar-refractivity contribution in [3.8, 4) is 0 Å². The number of ether oxygens (including phenoxy) is 2. The van der Waals surface area contributed by atoms with E-state index in [4.69, 9.17) is 9.47 Å². The molecule has 0 bridgehead atoms. The van der Waals surface area contributed by atoms with Gasteiger partial charge in [-0.2, -0.15) is 0 Å². The van der Waals surface area contributed by atoms with Crippen molar-refractivity contribution in [2.75, 3.05) is 26.2 Å². The predicted octanol–water partition coefficient (Wildman–Crippen LogP) is 4.88. The monoisotopic (exact) mass is 764 g/mol. The molecule has 0 aliphatic carbocycles. The maximum absolute atomic E-state index is 13.9. The van der Waals surface area contributed by atoms with Crippen LogP contribution in [0, 0.1) is 5.41 Å². The van der Waals surface area contributed by atoms with Gasteiger partial charge >= 0.3 is 12.2 Å². The van der Waals surface area contributed by atoms with E-state index in [0.29, 0.717) is 32.4 Å². The Balaban J connectivity index is 1.67. The van der Waals surface area contributed by atoms with Gasteiger partial charge in [0.1, 0.15) is 17.2 Å². The summed E-state index contributed by atoms with van der Waals surface area (Å²) in [5, 5.41) is 15.0. The third kappa shape index (κ3) is 16.3. The zero-order valence-electron chi connectivity index (χ0n) is 34.5. The number of amides is 5. The van der Waals surface area contributed by atoms with Crippen molar-refractivity contribution in [3.05, 3.63) is 71.8 Å². The minimum Gasteiger partial charge on any atom is -0.444 e. The van der Waals surface area contributed by atoms with E-state index in [1.807, 2.05) is 109 Å². The summed E-state index contributed by atoms with van der Waals surface area (Å²) >= 11 is 0. The molecule has 1 aliphatic heterocycles. The van der Waals surface area contributed by atoms with Crippen LogP contribution in [0.15, 0.2) is 60.7 Å². The number of likely N-dealkylation sites (tertiary alicyclic amines) is 1. The lowest BCUT2D eigenvalue weighted by molar-refractivity contribution is -0.135. The first-order valence-electron chi connectivity index (χ1n) is 19.2. The number of benzene rings is 2. The second-order valence-corrected chi connectivity index (χ2v) is 17.8. The first-order chi connectivity index (χ1) is 25.5. The minimum absolute atomic E-state index is 0.176. The van der Waals surface area contributed by atoms with Crippen molar-refractivity contribution in [1.82, 2.24) is 31.5 Å². The van der Waals surface area contributed by atoms with Crippen molar-refractivity contribution in [2.45, 2.75) is 130 Å². The standard InChI is InChI=1S/C42H64N6O7/c1-39(2,3)34(36(51)44-28-33(49)48-23-21-42(10,22-24-48)47-38(53)55-41(7,8)9)43-27-31(25-29-17-13-11-14-18-29)45-35(50)32(26-30-19-15-12-16-20-30)46-37(52)54-40(4,5)6/h11-20,31-32,34,43H,21-28H2,1-10H3,(H,44,51)(H,45,50)(H,46,52)(H,47,53)/t31-,32?,34?/m1/s1. The zero-order valence-corrected chi connectivity index (χ0v) is 34.5.